The Morgan fingerprint density at radius 2 is 1.81 bits per heavy atom. The SMILES string of the molecule is Cc1cccc(N2C(=O)C(C)(C)NC(=O)C2C(C)C)c1C. The van der Waals surface area contributed by atoms with Crippen LogP contribution in [0.15, 0.2) is 18.2 Å². The van der Waals surface area contributed by atoms with E-state index in [9.17, 15) is 9.59 Å². The Bertz CT molecular complexity index is 590. The fourth-order valence-electron chi connectivity index (χ4n) is 2.84. The number of carbonyl (C=O) groups excluding carboxylic acids is 2. The number of hydrogen-bond donors (Lipinski definition) is 1. The van der Waals surface area contributed by atoms with Crippen molar-refractivity contribution in [3.8, 4) is 0 Å². The molecule has 1 fully saturated rings. The molecule has 2 amide bonds. The van der Waals surface area contributed by atoms with Crippen molar-refractivity contribution >= 4 is 17.5 Å². The Kier molecular flexibility index (Phi) is 3.83. The molecule has 1 aliphatic rings. The van der Waals surface area contributed by atoms with Gasteiger partial charge in [0.05, 0.1) is 0 Å². The summed E-state index contributed by atoms with van der Waals surface area (Å²) < 4.78 is 0. The van der Waals surface area contributed by atoms with Crippen molar-refractivity contribution in [1.29, 1.82) is 0 Å². The second-order valence-corrected chi connectivity index (χ2v) is 6.70. The first kappa shape index (κ1) is 15.5. The summed E-state index contributed by atoms with van der Waals surface area (Å²) in [6.07, 6.45) is 0. The third-order valence-corrected chi connectivity index (χ3v) is 4.20. The van der Waals surface area contributed by atoms with Crippen LogP contribution in [0.25, 0.3) is 0 Å². The quantitative estimate of drug-likeness (QED) is 0.909. The molecule has 0 bridgehead atoms. The van der Waals surface area contributed by atoms with Crippen LogP contribution in [0.1, 0.15) is 38.8 Å². The van der Waals surface area contributed by atoms with Gasteiger partial charge in [-0.2, -0.15) is 0 Å². The van der Waals surface area contributed by atoms with Gasteiger partial charge in [-0.25, -0.2) is 0 Å². The molecule has 1 aromatic rings. The van der Waals surface area contributed by atoms with Gasteiger partial charge in [-0.05, 0) is 50.8 Å². The summed E-state index contributed by atoms with van der Waals surface area (Å²) in [7, 11) is 0. The highest BCUT2D eigenvalue weighted by atomic mass is 16.2. The molecule has 4 heteroatoms. The highest BCUT2D eigenvalue weighted by molar-refractivity contribution is 6.10. The van der Waals surface area contributed by atoms with E-state index >= 15 is 0 Å². The molecule has 1 saturated heterocycles. The Hall–Kier alpha value is -1.84. The zero-order valence-corrected chi connectivity index (χ0v) is 13.7. The average Bonchev–Trinajstić information content (AvgIpc) is 2.36. The van der Waals surface area contributed by atoms with Crippen LogP contribution in [0, 0.1) is 19.8 Å². The van der Waals surface area contributed by atoms with Crippen molar-refractivity contribution in [2.75, 3.05) is 4.90 Å². The van der Waals surface area contributed by atoms with Crippen LogP contribution in [-0.2, 0) is 9.59 Å². The van der Waals surface area contributed by atoms with Gasteiger partial charge in [0, 0.05) is 5.69 Å². The summed E-state index contributed by atoms with van der Waals surface area (Å²) >= 11 is 0. The number of hydrogen-bond acceptors (Lipinski definition) is 2. The van der Waals surface area contributed by atoms with E-state index < -0.39 is 11.6 Å². The first-order valence-electron chi connectivity index (χ1n) is 7.38. The first-order valence-corrected chi connectivity index (χ1v) is 7.38. The molecule has 1 N–H and O–H groups in total. The standard InChI is InChI=1S/C17H24N2O2/c1-10(2)14-15(20)18-17(5,6)16(21)19(14)13-9-7-8-11(3)12(13)4/h7-10,14H,1-6H3,(H,18,20). The molecule has 21 heavy (non-hydrogen) atoms. The first-order chi connectivity index (χ1) is 9.66. The van der Waals surface area contributed by atoms with Crippen LogP contribution in [0.5, 0.6) is 0 Å². The molecular weight excluding hydrogens is 264 g/mol. The van der Waals surface area contributed by atoms with E-state index in [1.807, 2.05) is 45.9 Å². The van der Waals surface area contributed by atoms with E-state index in [1.165, 1.54) is 0 Å². The van der Waals surface area contributed by atoms with E-state index in [-0.39, 0.29) is 17.7 Å². The third-order valence-electron chi connectivity index (χ3n) is 4.20. The maximum atomic E-state index is 12.9. The number of nitrogens with one attached hydrogen (secondary N) is 1. The molecule has 1 aliphatic heterocycles. The second-order valence-electron chi connectivity index (χ2n) is 6.70. The number of carbonyl (C=O) groups is 2. The summed E-state index contributed by atoms with van der Waals surface area (Å²) in [6.45, 7) is 11.4. The largest absolute Gasteiger partial charge is 0.340 e. The lowest BCUT2D eigenvalue weighted by Crippen LogP contribution is -2.69. The predicted molar refractivity (Wildman–Crippen MR) is 84.2 cm³/mol. The number of anilines is 1. The Morgan fingerprint density at radius 1 is 1.19 bits per heavy atom. The molecule has 1 aromatic carbocycles. The summed E-state index contributed by atoms with van der Waals surface area (Å²) in [4.78, 5) is 27.0. The van der Waals surface area contributed by atoms with Crippen LogP contribution in [0.3, 0.4) is 0 Å². The van der Waals surface area contributed by atoms with E-state index in [1.54, 1.807) is 18.7 Å². The molecule has 4 nitrogen and oxygen atoms in total. The van der Waals surface area contributed by atoms with Gasteiger partial charge in [-0.1, -0.05) is 26.0 Å². The lowest BCUT2D eigenvalue weighted by molar-refractivity contribution is -0.138. The van der Waals surface area contributed by atoms with Crippen LogP contribution < -0.4 is 10.2 Å². The Labute approximate surface area is 126 Å². The molecule has 1 unspecified atom stereocenters. The maximum Gasteiger partial charge on any atom is 0.252 e. The smallest absolute Gasteiger partial charge is 0.252 e. The molecule has 1 atom stereocenters. The van der Waals surface area contributed by atoms with Crippen molar-refractivity contribution in [1.82, 2.24) is 5.32 Å². The lowest BCUT2D eigenvalue weighted by Gasteiger charge is -2.44. The minimum Gasteiger partial charge on any atom is -0.340 e. The zero-order valence-electron chi connectivity index (χ0n) is 13.7. The third kappa shape index (κ3) is 2.55. The van der Waals surface area contributed by atoms with Crippen molar-refractivity contribution in [3.05, 3.63) is 29.3 Å². The highest BCUT2D eigenvalue weighted by Gasteiger charge is 2.47. The Balaban J connectivity index is 2.61. The van der Waals surface area contributed by atoms with E-state index in [4.69, 9.17) is 0 Å². The summed E-state index contributed by atoms with van der Waals surface area (Å²) in [5.74, 6) is -0.102. The minimum absolute atomic E-state index is 0.0463. The summed E-state index contributed by atoms with van der Waals surface area (Å²) in [5.41, 5.74) is 2.12. The molecule has 0 aromatic heterocycles. The normalized spacial score (nSPS) is 21.7. The number of rotatable bonds is 2. The summed E-state index contributed by atoms with van der Waals surface area (Å²) in [5, 5.41) is 2.84. The van der Waals surface area contributed by atoms with Gasteiger partial charge >= 0.3 is 0 Å². The van der Waals surface area contributed by atoms with Gasteiger partial charge in [0.1, 0.15) is 11.6 Å². The fourth-order valence-corrected chi connectivity index (χ4v) is 2.84. The predicted octanol–water partition coefficient (Wildman–Crippen LogP) is 2.57. The molecule has 2 rings (SSSR count). The summed E-state index contributed by atoms with van der Waals surface area (Å²) in [6, 6.07) is 5.40. The second kappa shape index (κ2) is 5.17. The topological polar surface area (TPSA) is 49.4 Å². The number of benzene rings is 1. The van der Waals surface area contributed by atoms with E-state index in [0.29, 0.717) is 0 Å². The van der Waals surface area contributed by atoms with Gasteiger partial charge < -0.3 is 5.32 Å². The van der Waals surface area contributed by atoms with Crippen molar-refractivity contribution in [3.63, 3.8) is 0 Å². The number of nitrogens with zero attached hydrogens (tertiary/aromatic N) is 1. The monoisotopic (exact) mass is 288 g/mol. The number of piperazine rings is 1. The van der Waals surface area contributed by atoms with Gasteiger partial charge in [0.2, 0.25) is 5.91 Å². The van der Waals surface area contributed by atoms with Gasteiger partial charge in [0.25, 0.3) is 5.91 Å². The molecule has 1 heterocycles. The van der Waals surface area contributed by atoms with E-state index in [0.717, 1.165) is 16.8 Å². The fraction of sp³-hybridized carbons (Fsp3) is 0.529. The number of aryl methyl sites for hydroxylation is 1. The molecule has 114 valence electrons. The van der Waals surface area contributed by atoms with Crippen molar-refractivity contribution < 1.29 is 9.59 Å². The van der Waals surface area contributed by atoms with Crippen LogP contribution in [0.2, 0.25) is 0 Å². The molecule has 0 saturated carbocycles. The van der Waals surface area contributed by atoms with Crippen molar-refractivity contribution in [2.45, 2.75) is 53.1 Å². The molecular formula is C17H24N2O2. The minimum atomic E-state index is -0.876. The van der Waals surface area contributed by atoms with Crippen molar-refractivity contribution in [2.24, 2.45) is 5.92 Å². The van der Waals surface area contributed by atoms with Crippen LogP contribution in [0.4, 0.5) is 5.69 Å². The van der Waals surface area contributed by atoms with Gasteiger partial charge in [-0.3, -0.25) is 14.5 Å². The number of amides is 2. The lowest BCUT2D eigenvalue weighted by atomic mass is 9.90. The maximum absolute atomic E-state index is 12.9. The zero-order chi connectivity index (χ0) is 15.9. The van der Waals surface area contributed by atoms with Crippen LogP contribution >= 0.6 is 0 Å². The highest BCUT2D eigenvalue weighted by Crippen LogP contribution is 2.32. The average molecular weight is 288 g/mol. The van der Waals surface area contributed by atoms with Gasteiger partial charge in [-0.15, -0.1) is 0 Å². The Morgan fingerprint density at radius 3 is 2.38 bits per heavy atom. The molecule has 0 radical (unpaired) electrons. The van der Waals surface area contributed by atoms with Gasteiger partial charge in [0.15, 0.2) is 0 Å². The van der Waals surface area contributed by atoms with Crippen LogP contribution in [-0.4, -0.2) is 23.4 Å². The van der Waals surface area contributed by atoms with E-state index in [2.05, 4.69) is 5.32 Å². The molecule has 0 aliphatic carbocycles. The molecule has 0 spiro atoms.